The first-order chi connectivity index (χ1) is 6.74. The predicted octanol–water partition coefficient (Wildman–Crippen LogP) is 3.50. The van der Waals surface area contributed by atoms with Gasteiger partial charge >= 0.3 is 5.97 Å². The molecule has 3 heteroatoms. The van der Waals surface area contributed by atoms with Gasteiger partial charge in [0.05, 0.1) is 6.42 Å². The first-order valence-corrected chi connectivity index (χ1v) is 5.87. The van der Waals surface area contributed by atoms with Crippen LogP contribution in [0.15, 0.2) is 17.5 Å². The number of aliphatic carboxylic acids is 1. The zero-order valence-corrected chi connectivity index (χ0v) is 9.22. The molecule has 0 spiro atoms. The molecule has 1 atom stereocenters. The third-order valence-electron chi connectivity index (χ3n) is 2.27. The summed E-state index contributed by atoms with van der Waals surface area (Å²) in [4.78, 5) is 11.9. The molecule has 14 heavy (non-hydrogen) atoms. The molecule has 1 rings (SSSR count). The number of unbranched alkanes of at least 4 members (excludes halogenated alkanes) is 1. The van der Waals surface area contributed by atoms with Gasteiger partial charge in [0.1, 0.15) is 0 Å². The first-order valence-electron chi connectivity index (χ1n) is 4.99. The van der Waals surface area contributed by atoms with Crippen molar-refractivity contribution in [3.63, 3.8) is 0 Å². The van der Waals surface area contributed by atoms with Gasteiger partial charge in [-0.05, 0) is 17.9 Å². The van der Waals surface area contributed by atoms with Crippen LogP contribution in [0.3, 0.4) is 0 Å². The van der Waals surface area contributed by atoms with E-state index in [1.807, 2.05) is 17.5 Å². The molecular formula is C11H16O2S. The van der Waals surface area contributed by atoms with E-state index in [0.29, 0.717) is 0 Å². The van der Waals surface area contributed by atoms with Gasteiger partial charge in [0.25, 0.3) is 0 Å². The minimum Gasteiger partial charge on any atom is -0.481 e. The van der Waals surface area contributed by atoms with Crippen molar-refractivity contribution in [2.24, 2.45) is 0 Å². The van der Waals surface area contributed by atoms with Gasteiger partial charge in [0.2, 0.25) is 0 Å². The van der Waals surface area contributed by atoms with Crippen LogP contribution in [0.4, 0.5) is 0 Å². The van der Waals surface area contributed by atoms with Gasteiger partial charge < -0.3 is 5.11 Å². The SMILES string of the molecule is CCCCC(CC(=O)O)c1cccs1. The highest BCUT2D eigenvalue weighted by molar-refractivity contribution is 7.10. The van der Waals surface area contributed by atoms with Crippen LogP contribution in [-0.2, 0) is 4.79 Å². The fourth-order valence-corrected chi connectivity index (χ4v) is 2.39. The molecule has 0 bridgehead atoms. The topological polar surface area (TPSA) is 37.3 Å². The quantitative estimate of drug-likeness (QED) is 0.783. The van der Waals surface area contributed by atoms with E-state index >= 15 is 0 Å². The third kappa shape index (κ3) is 3.50. The maximum absolute atomic E-state index is 10.7. The van der Waals surface area contributed by atoms with Gasteiger partial charge in [0, 0.05) is 10.8 Å². The molecule has 78 valence electrons. The molecule has 1 aromatic heterocycles. The molecule has 0 saturated carbocycles. The Morgan fingerprint density at radius 1 is 1.64 bits per heavy atom. The number of thiophene rings is 1. The van der Waals surface area contributed by atoms with Gasteiger partial charge in [-0.1, -0.05) is 25.8 Å². The molecule has 2 nitrogen and oxygen atoms in total. The van der Waals surface area contributed by atoms with Crippen molar-refractivity contribution in [2.75, 3.05) is 0 Å². The molecule has 0 amide bonds. The van der Waals surface area contributed by atoms with E-state index in [1.165, 1.54) is 4.88 Å². The summed E-state index contributed by atoms with van der Waals surface area (Å²) < 4.78 is 0. The van der Waals surface area contributed by atoms with Crippen molar-refractivity contribution in [2.45, 2.75) is 38.5 Å². The zero-order valence-electron chi connectivity index (χ0n) is 8.40. The fourth-order valence-electron chi connectivity index (χ4n) is 1.53. The zero-order chi connectivity index (χ0) is 10.4. The van der Waals surface area contributed by atoms with E-state index in [1.54, 1.807) is 11.3 Å². The second kappa shape index (κ2) is 5.81. The smallest absolute Gasteiger partial charge is 0.303 e. The van der Waals surface area contributed by atoms with Crippen LogP contribution in [0, 0.1) is 0 Å². The van der Waals surface area contributed by atoms with Crippen LogP contribution in [0.5, 0.6) is 0 Å². The molecule has 1 aromatic rings. The van der Waals surface area contributed by atoms with Crippen molar-refractivity contribution < 1.29 is 9.90 Å². The Morgan fingerprint density at radius 2 is 2.43 bits per heavy atom. The Kier molecular flexibility index (Phi) is 4.66. The monoisotopic (exact) mass is 212 g/mol. The minimum absolute atomic E-state index is 0.215. The van der Waals surface area contributed by atoms with Crippen LogP contribution >= 0.6 is 11.3 Å². The molecule has 0 fully saturated rings. The Morgan fingerprint density at radius 3 is 2.93 bits per heavy atom. The van der Waals surface area contributed by atoms with E-state index in [-0.39, 0.29) is 12.3 Å². The number of carboxylic acid groups (broad SMARTS) is 1. The molecule has 1 unspecified atom stereocenters. The number of carbonyl (C=O) groups is 1. The van der Waals surface area contributed by atoms with Crippen molar-refractivity contribution >= 4 is 17.3 Å². The largest absolute Gasteiger partial charge is 0.481 e. The fraction of sp³-hybridized carbons (Fsp3) is 0.545. The summed E-state index contributed by atoms with van der Waals surface area (Å²) in [5.74, 6) is -0.480. The number of rotatable bonds is 6. The van der Waals surface area contributed by atoms with Crippen molar-refractivity contribution in [3.05, 3.63) is 22.4 Å². The van der Waals surface area contributed by atoms with Crippen molar-refractivity contribution in [1.82, 2.24) is 0 Å². The lowest BCUT2D eigenvalue weighted by Crippen LogP contribution is -2.04. The molecule has 0 aromatic carbocycles. The van der Waals surface area contributed by atoms with Gasteiger partial charge in [-0.3, -0.25) is 4.79 Å². The molecule has 0 aliphatic rings. The molecule has 1 N–H and O–H groups in total. The van der Waals surface area contributed by atoms with Crippen LogP contribution in [0.1, 0.15) is 43.4 Å². The molecular weight excluding hydrogens is 196 g/mol. The Labute approximate surface area is 88.6 Å². The Bertz CT molecular complexity index is 267. The summed E-state index contributed by atoms with van der Waals surface area (Å²) in [5, 5.41) is 10.8. The average molecular weight is 212 g/mol. The summed E-state index contributed by atoms with van der Waals surface area (Å²) in [6.45, 7) is 2.13. The highest BCUT2D eigenvalue weighted by atomic mass is 32.1. The van der Waals surface area contributed by atoms with Crippen LogP contribution in [0.25, 0.3) is 0 Å². The minimum atomic E-state index is -0.695. The lowest BCUT2D eigenvalue weighted by Gasteiger charge is -2.11. The van der Waals surface area contributed by atoms with Crippen LogP contribution in [0.2, 0.25) is 0 Å². The Hall–Kier alpha value is -0.830. The summed E-state index contributed by atoms with van der Waals surface area (Å²) >= 11 is 1.66. The number of carboxylic acids is 1. The average Bonchev–Trinajstić information content (AvgIpc) is 2.64. The normalized spacial score (nSPS) is 12.6. The van der Waals surface area contributed by atoms with Gasteiger partial charge in [-0.15, -0.1) is 11.3 Å². The lowest BCUT2D eigenvalue weighted by atomic mass is 9.97. The maximum Gasteiger partial charge on any atom is 0.303 e. The highest BCUT2D eigenvalue weighted by Crippen LogP contribution is 2.29. The third-order valence-corrected chi connectivity index (χ3v) is 3.31. The highest BCUT2D eigenvalue weighted by Gasteiger charge is 2.15. The Balaban J connectivity index is 2.57. The first kappa shape index (κ1) is 11.2. The number of hydrogen-bond donors (Lipinski definition) is 1. The standard InChI is InChI=1S/C11H16O2S/c1-2-3-5-9(8-11(12)13)10-6-4-7-14-10/h4,6-7,9H,2-3,5,8H2,1H3,(H,12,13). The second-order valence-corrected chi connectivity index (χ2v) is 4.43. The van der Waals surface area contributed by atoms with E-state index in [4.69, 9.17) is 5.11 Å². The summed E-state index contributed by atoms with van der Waals surface area (Å²) in [6, 6.07) is 4.02. The molecule has 0 radical (unpaired) electrons. The van der Waals surface area contributed by atoms with Crippen LogP contribution in [-0.4, -0.2) is 11.1 Å². The van der Waals surface area contributed by atoms with E-state index < -0.39 is 5.97 Å². The van der Waals surface area contributed by atoms with Gasteiger partial charge in [0.15, 0.2) is 0 Å². The lowest BCUT2D eigenvalue weighted by molar-refractivity contribution is -0.137. The van der Waals surface area contributed by atoms with Gasteiger partial charge in [-0.25, -0.2) is 0 Å². The van der Waals surface area contributed by atoms with Crippen molar-refractivity contribution in [3.8, 4) is 0 Å². The van der Waals surface area contributed by atoms with Crippen LogP contribution < -0.4 is 0 Å². The van der Waals surface area contributed by atoms with E-state index in [2.05, 4.69) is 6.92 Å². The van der Waals surface area contributed by atoms with Crippen molar-refractivity contribution in [1.29, 1.82) is 0 Å². The maximum atomic E-state index is 10.7. The number of hydrogen-bond acceptors (Lipinski definition) is 2. The predicted molar refractivity (Wildman–Crippen MR) is 58.8 cm³/mol. The summed E-state index contributed by atoms with van der Waals surface area (Å²) in [7, 11) is 0. The van der Waals surface area contributed by atoms with Gasteiger partial charge in [-0.2, -0.15) is 0 Å². The van der Waals surface area contributed by atoms with E-state index in [0.717, 1.165) is 19.3 Å². The molecule has 0 saturated heterocycles. The molecule has 1 heterocycles. The van der Waals surface area contributed by atoms with E-state index in [9.17, 15) is 4.79 Å². The summed E-state index contributed by atoms with van der Waals surface area (Å²) in [6.07, 6.45) is 3.49. The summed E-state index contributed by atoms with van der Waals surface area (Å²) in [5.41, 5.74) is 0. The second-order valence-electron chi connectivity index (χ2n) is 3.45. The molecule has 0 aliphatic carbocycles. The molecule has 0 aliphatic heterocycles.